The van der Waals surface area contributed by atoms with Gasteiger partial charge in [0.25, 0.3) is 0 Å². The molecule has 0 amide bonds. The Hall–Kier alpha value is -1.76. The van der Waals surface area contributed by atoms with Crippen LogP contribution in [-0.2, 0) is 0 Å². The van der Waals surface area contributed by atoms with Crippen LogP contribution in [0.15, 0.2) is 66.8 Å². The normalized spacial score (nSPS) is 19.1. The minimum Gasteiger partial charge on any atom is -0.368 e. The number of nitrogens with zero attached hydrogens (tertiary/aromatic N) is 1. The molecule has 0 aromatic heterocycles. The Morgan fingerprint density at radius 3 is 2.62 bits per heavy atom. The average molecular weight is 211 g/mol. The molecule has 0 heterocycles. The van der Waals surface area contributed by atoms with Gasteiger partial charge in [-0.3, -0.25) is 0 Å². The van der Waals surface area contributed by atoms with E-state index in [0.29, 0.717) is 6.04 Å². The molecule has 1 aromatic carbocycles. The lowest BCUT2D eigenvalue weighted by atomic mass is 10.0. The zero-order chi connectivity index (χ0) is 11.4. The lowest BCUT2D eigenvalue weighted by Gasteiger charge is -2.28. The summed E-state index contributed by atoms with van der Waals surface area (Å²) in [6.45, 7) is 3.78. The van der Waals surface area contributed by atoms with Gasteiger partial charge in [0.15, 0.2) is 0 Å². The number of para-hydroxylation sites is 1. The molecule has 0 aliphatic heterocycles. The lowest BCUT2D eigenvalue weighted by Crippen LogP contribution is -2.30. The van der Waals surface area contributed by atoms with Crippen LogP contribution in [0.25, 0.3) is 0 Å². The number of anilines is 1. The fraction of sp³-hybridized carbons (Fsp3) is 0.200. The Kier molecular flexibility index (Phi) is 3.25. The van der Waals surface area contributed by atoms with Gasteiger partial charge in [-0.2, -0.15) is 0 Å². The van der Waals surface area contributed by atoms with Crippen LogP contribution in [0.5, 0.6) is 0 Å². The van der Waals surface area contributed by atoms with E-state index in [1.165, 1.54) is 11.3 Å². The van der Waals surface area contributed by atoms with Gasteiger partial charge in [-0.05, 0) is 24.1 Å². The first-order valence-corrected chi connectivity index (χ1v) is 5.60. The van der Waals surface area contributed by atoms with Gasteiger partial charge in [-0.25, -0.2) is 0 Å². The summed E-state index contributed by atoms with van der Waals surface area (Å²) in [6.07, 6.45) is 9.56. The zero-order valence-electron chi connectivity index (χ0n) is 9.63. The summed E-state index contributed by atoms with van der Waals surface area (Å²) in [6, 6.07) is 10.9. The van der Waals surface area contributed by atoms with Crippen molar-refractivity contribution in [3.63, 3.8) is 0 Å². The first-order chi connectivity index (χ1) is 7.81. The Morgan fingerprint density at radius 2 is 2.06 bits per heavy atom. The molecule has 1 nitrogen and oxygen atoms in total. The highest BCUT2D eigenvalue weighted by Gasteiger charge is 2.13. The fourth-order valence-corrected chi connectivity index (χ4v) is 1.92. The summed E-state index contributed by atoms with van der Waals surface area (Å²) in [7, 11) is 2.14. The van der Waals surface area contributed by atoms with Crippen LogP contribution >= 0.6 is 0 Å². The third kappa shape index (κ3) is 2.25. The van der Waals surface area contributed by atoms with Gasteiger partial charge in [-0.15, -0.1) is 0 Å². The van der Waals surface area contributed by atoms with E-state index in [1.807, 2.05) is 12.1 Å². The predicted molar refractivity (Wildman–Crippen MR) is 70.7 cm³/mol. The van der Waals surface area contributed by atoms with Crippen molar-refractivity contribution in [3.05, 3.63) is 66.8 Å². The molecule has 2 rings (SSSR count). The maximum absolute atomic E-state index is 3.78. The maximum Gasteiger partial charge on any atom is 0.0507 e. The first kappa shape index (κ1) is 10.7. The molecule has 1 aliphatic rings. The van der Waals surface area contributed by atoms with Crippen LogP contribution in [0.2, 0.25) is 0 Å². The van der Waals surface area contributed by atoms with Crippen LogP contribution in [0.4, 0.5) is 5.69 Å². The van der Waals surface area contributed by atoms with Crippen LogP contribution in [-0.4, -0.2) is 13.1 Å². The van der Waals surface area contributed by atoms with Gasteiger partial charge in [0, 0.05) is 12.7 Å². The highest BCUT2D eigenvalue weighted by atomic mass is 15.1. The summed E-state index contributed by atoms with van der Waals surface area (Å²) in [5.41, 5.74) is 2.48. The van der Waals surface area contributed by atoms with Crippen molar-refractivity contribution < 1.29 is 0 Å². The summed E-state index contributed by atoms with van der Waals surface area (Å²) >= 11 is 0. The van der Waals surface area contributed by atoms with E-state index in [1.54, 1.807) is 0 Å². The fourth-order valence-electron chi connectivity index (χ4n) is 1.92. The number of hydrogen-bond acceptors (Lipinski definition) is 1. The van der Waals surface area contributed by atoms with Crippen LogP contribution in [0.3, 0.4) is 0 Å². The quantitative estimate of drug-likeness (QED) is 0.739. The molecule has 1 unspecified atom stereocenters. The number of rotatable bonds is 3. The summed E-state index contributed by atoms with van der Waals surface area (Å²) < 4.78 is 0. The van der Waals surface area contributed by atoms with E-state index >= 15 is 0 Å². The van der Waals surface area contributed by atoms with E-state index in [2.05, 4.69) is 61.0 Å². The van der Waals surface area contributed by atoms with Gasteiger partial charge in [0.05, 0.1) is 6.04 Å². The summed E-state index contributed by atoms with van der Waals surface area (Å²) in [5.74, 6) is 0. The van der Waals surface area contributed by atoms with Gasteiger partial charge >= 0.3 is 0 Å². The molecular weight excluding hydrogens is 194 g/mol. The summed E-state index contributed by atoms with van der Waals surface area (Å²) in [5, 5.41) is 0. The van der Waals surface area contributed by atoms with Crippen LogP contribution in [0, 0.1) is 0 Å². The number of hydrogen-bond donors (Lipinski definition) is 0. The second-order valence-corrected chi connectivity index (χ2v) is 4.02. The molecule has 1 aromatic rings. The topological polar surface area (TPSA) is 3.24 Å². The molecule has 0 N–H and O–H groups in total. The van der Waals surface area contributed by atoms with E-state index in [9.17, 15) is 0 Å². The molecule has 1 atom stereocenters. The molecular formula is C15H17N. The lowest BCUT2D eigenvalue weighted by molar-refractivity contribution is 0.751. The second kappa shape index (κ2) is 4.84. The van der Waals surface area contributed by atoms with E-state index in [0.717, 1.165) is 6.42 Å². The van der Waals surface area contributed by atoms with Crippen molar-refractivity contribution in [1.82, 2.24) is 0 Å². The minimum atomic E-state index is 0.450. The first-order valence-electron chi connectivity index (χ1n) is 5.60. The molecule has 0 spiro atoms. The Labute approximate surface area is 97.4 Å². The monoisotopic (exact) mass is 211 g/mol. The van der Waals surface area contributed by atoms with Gasteiger partial charge in [0.2, 0.25) is 0 Å². The molecule has 0 bridgehead atoms. The van der Waals surface area contributed by atoms with Crippen molar-refractivity contribution in [1.29, 1.82) is 0 Å². The van der Waals surface area contributed by atoms with Gasteiger partial charge in [-0.1, -0.05) is 49.1 Å². The highest BCUT2D eigenvalue weighted by Crippen LogP contribution is 2.21. The Balaban J connectivity index is 2.09. The molecule has 0 fully saturated rings. The van der Waals surface area contributed by atoms with Crippen LogP contribution in [0.1, 0.15) is 6.42 Å². The smallest absolute Gasteiger partial charge is 0.0507 e. The summed E-state index contributed by atoms with van der Waals surface area (Å²) in [4.78, 5) is 2.30. The zero-order valence-corrected chi connectivity index (χ0v) is 9.63. The SMILES string of the molecule is C=CC1=CCC(N(C)c2ccccc2)C=C1. The molecule has 0 saturated carbocycles. The van der Waals surface area contributed by atoms with Crippen molar-refractivity contribution in [2.75, 3.05) is 11.9 Å². The highest BCUT2D eigenvalue weighted by molar-refractivity contribution is 5.49. The molecule has 82 valence electrons. The third-order valence-electron chi connectivity index (χ3n) is 3.00. The number of likely N-dealkylation sites (N-methyl/N-ethyl adjacent to an activating group) is 1. The van der Waals surface area contributed by atoms with Crippen LogP contribution < -0.4 is 4.90 Å². The van der Waals surface area contributed by atoms with E-state index in [-0.39, 0.29) is 0 Å². The third-order valence-corrected chi connectivity index (χ3v) is 3.00. The molecule has 0 radical (unpaired) electrons. The average Bonchev–Trinajstić information content (AvgIpc) is 2.39. The Morgan fingerprint density at radius 1 is 1.31 bits per heavy atom. The van der Waals surface area contributed by atoms with Crippen molar-refractivity contribution in [3.8, 4) is 0 Å². The van der Waals surface area contributed by atoms with E-state index in [4.69, 9.17) is 0 Å². The number of allylic oxidation sites excluding steroid dienone is 3. The molecule has 16 heavy (non-hydrogen) atoms. The molecule has 0 saturated heterocycles. The van der Waals surface area contributed by atoms with Gasteiger partial charge < -0.3 is 4.90 Å². The van der Waals surface area contributed by atoms with Crippen molar-refractivity contribution in [2.45, 2.75) is 12.5 Å². The van der Waals surface area contributed by atoms with Crippen molar-refractivity contribution in [2.24, 2.45) is 0 Å². The maximum atomic E-state index is 3.78. The predicted octanol–water partition coefficient (Wildman–Crippen LogP) is 3.56. The second-order valence-electron chi connectivity index (χ2n) is 4.02. The number of benzene rings is 1. The standard InChI is InChI=1S/C15H17N/c1-3-13-9-11-15(12-10-13)16(2)14-7-5-4-6-8-14/h3-11,15H,1,12H2,2H3. The molecule has 1 heteroatoms. The van der Waals surface area contributed by atoms with Crippen molar-refractivity contribution >= 4 is 5.69 Å². The Bertz CT molecular complexity index is 414. The largest absolute Gasteiger partial charge is 0.368 e. The van der Waals surface area contributed by atoms with E-state index < -0.39 is 0 Å². The minimum absolute atomic E-state index is 0.450. The van der Waals surface area contributed by atoms with Gasteiger partial charge in [0.1, 0.15) is 0 Å². The molecule has 1 aliphatic carbocycles.